The van der Waals surface area contributed by atoms with Crippen molar-refractivity contribution in [3.05, 3.63) is 22.7 Å². The first-order chi connectivity index (χ1) is 9.35. The highest BCUT2D eigenvalue weighted by Crippen LogP contribution is 2.35. The van der Waals surface area contributed by atoms with Gasteiger partial charge in [-0.05, 0) is 26.8 Å². The van der Waals surface area contributed by atoms with Gasteiger partial charge in [0.1, 0.15) is 6.04 Å². The van der Waals surface area contributed by atoms with Crippen LogP contribution < -0.4 is 14.8 Å². The molecule has 0 saturated carbocycles. The molecule has 0 aliphatic carbocycles. The molecule has 0 amide bonds. The zero-order valence-electron chi connectivity index (χ0n) is 12.1. The first-order valence-corrected chi connectivity index (χ1v) is 6.72. The van der Waals surface area contributed by atoms with Crippen LogP contribution >= 0.6 is 11.6 Å². The molecule has 0 aliphatic heterocycles. The molecule has 1 aromatic rings. The van der Waals surface area contributed by atoms with Crippen LogP contribution in [0, 0.1) is 0 Å². The predicted molar refractivity (Wildman–Crippen MR) is 77.7 cm³/mol. The van der Waals surface area contributed by atoms with Crippen molar-refractivity contribution < 1.29 is 19.4 Å². The molecular formula is C14H20ClNO4. The van der Waals surface area contributed by atoms with Gasteiger partial charge in [-0.3, -0.25) is 4.79 Å². The van der Waals surface area contributed by atoms with Crippen LogP contribution in [0.4, 0.5) is 0 Å². The Morgan fingerprint density at radius 2 is 2.05 bits per heavy atom. The Morgan fingerprint density at radius 1 is 1.40 bits per heavy atom. The summed E-state index contributed by atoms with van der Waals surface area (Å²) in [5.41, 5.74) is 0.760. The van der Waals surface area contributed by atoms with Crippen molar-refractivity contribution in [1.29, 1.82) is 0 Å². The van der Waals surface area contributed by atoms with Gasteiger partial charge in [-0.2, -0.15) is 0 Å². The van der Waals surface area contributed by atoms with Crippen LogP contribution in [0.5, 0.6) is 11.5 Å². The van der Waals surface area contributed by atoms with E-state index in [1.807, 2.05) is 13.8 Å². The average Bonchev–Trinajstić information content (AvgIpc) is 2.37. The summed E-state index contributed by atoms with van der Waals surface area (Å²) < 4.78 is 11.0. The molecule has 0 radical (unpaired) electrons. The molecule has 2 N–H and O–H groups in total. The van der Waals surface area contributed by atoms with Crippen LogP contribution in [0.3, 0.4) is 0 Å². The maximum atomic E-state index is 10.8. The van der Waals surface area contributed by atoms with Gasteiger partial charge in [0.2, 0.25) is 0 Å². The minimum absolute atomic E-state index is 0.0271. The van der Waals surface area contributed by atoms with Crippen molar-refractivity contribution in [2.45, 2.75) is 39.5 Å². The fourth-order valence-electron chi connectivity index (χ4n) is 1.63. The van der Waals surface area contributed by atoms with Gasteiger partial charge >= 0.3 is 5.97 Å². The molecule has 0 fully saturated rings. The van der Waals surface area contributed by atoms with E-state index in [4.69, 9.17) is 26.2 Å². The summed E-state index contributed by atoms with van der Waals surface area (Å²) in [5.74, 6) is 0.202. The smallest absolute Gasteiger partial charge is 0.320 e. The average molecular weight is 302 g/mol. The first kappa shape index (κ1) is 16.6. The second-order valence-corrected chi connectivity index (χ2v) is 5.14. The molecule has 0 aliphatic rings. The Morgan fingerprint density at radius 3 is 2.55 bits per heavy atom. The fourth-order valence-corrected chi connectivity index (χ4v) is 1.86. The number of carboxylic acids is 1. The molecule has 5 nitrogen and oxygen atoms in total. The van der Waals surface area contributed by atoms with Gasteiger partial charge in [0, 0.05) is 23.2 Å². The highest BCUT2D eigenvalue weighted by molar-refractivity contribution is 6.30. The zero-order valence-corrected chi connectivity index (χ0v) is 12.8. The molecule has 1 rings (SSSR count). The molecule has 6 heteroatoms. The van der Waals surface area contributed by atoms with Gasteiger partial charge < -0.3 is 19.9 Å². The van der Waals surface area contributed by atoms with Crippen LogP contribution in [0.15, 0.2) is 12.1 Å². The number of halogens is 1. The van der Waals surface area contributed by atoms with Gasteiger partial charge in [0.15, 0.2) is 11.5 Å². The van der Waals surface area contributed by atoms with E-state index in [-0.39, 0.29) is 6.10 Å². The third-order valence-electron chi connectivity index (χ3n) is 2.64. The van der Waals surface area contributed by atoms with Crippen molar-refractivity contribution in [3.63, 3.8) is 0 Å². The van der Waals surface area contributed by atoms with Crippen LogP contribution in [0.2, 0.25) is 5.02 Å². The number of benzene rings is 1. The van der Waals surface area contributed by atoms with Crippen LogP contribution in [-0.2, 0) is 11.3 Å². The van der Waals surface area contributed by atoms with Gasteiger partial charge in [0.25, 0.3) is 0 Å². The number of carbonyl (C=O) groups is 1. The quantitative estimate of drug-likeness (QED) is 0.810. The second kappa shape index (κ2) is 7.36. The standard InChI is InChI=1S/C14H20ClNO4/c1-8(2)20-13-10(7-16-9(3)14(17)18)5-11(15)6-12(13)19-4/h5-6,8-9,16H,7H2,1-4H3,(H,17,18). The summed E-state index contributed by atoms with van der Waals surface area (Å²) in [4.78, 5) is 10.8. The Bertz CT molecular complexity index is 476. The minimum Gasteiger partial charge on any atom is -0.493 e. The summed E-state index contributed by atoms with van der Waals surface area (Å²) in [6.45, 7) is 5.72. The highest BCUT2D eigenvalue weighted by Gasteiger charge is 2.16. The topological polar surface area (TPSA) is 67.8 Å². The van der Waals surface area contributed by atoms with Crippen molar-refractivity contribution >= 4 is 17.6 Å². The van der Waals surface area contributed by atoms with Crippen LogP contribution in [0.1, 0.15) is 26.3 Å². The second-order valence-electron chi connectivity index (χ2n) is 4.70. The summed E-state index contributed by atoms with van der Waals surface area (Å²) >= 11 is 6.04. The van der Waals surface area contributed by atoms with E-state index in [1.54, 1.807) is 19.1 Å². The third-order valence-corrected chi connectivity index (χ3v) is 2.86. The molecule has 0 heterocycles. The Balaban J connectivity index is 3.02. The minimum atomic E-state index is -0.912. The van der Waals surface area contributed by atoms with Gasteiger partial charge in [-0.1, -0.05) is 11.6 Å². The summed E-state index contributed by atoms with van der Waals surface area (Å²) in [7, 11) is 1.54. The predicted octanol–water partition coefficient (Wildman–Crippen LogP) is 2.70. The number of rotatable bonds is 7. The Labute approximate surface area is 123 Å². The normalized spacial score (nSPS) is 12.3. The first-order valence-electron chi connectivity index (χ1n) is 6.34. The molecule has 0 aromatic heterocycles. The molecule has 1 unspecified atom stereocenters. The maximum absolute atomic E-state index is 10.8. The van der Waals surface area contributed by atoms with Crippen LogP contribution in [0.25, 0.3) is 0 Å². The molecular weight excluding hydrogens is 282 g/mol. The van der Waals surface area contributed by atoms with Crippen molar-refractivity contribution in [2.24, 2.45) is 0 Å². The molecule has 0 bridgehead atoms. The van der Waals surface area contributed by atoms with Gasteiger partial charge in [0.05, 0.1) is 13.2 Å². The number of hydrogen-bond acceptors (Lipinski definition) is 4. The highest BCUT2D eigenvalue weighted by atomic mass is 35.5. The van der Waals surface area contributed by atoms with E-state index in [1.165, 1.54) is 7.11 Å². The molecule has 1 aromatic carbocycles. The Hall–Kier alpha value is -1.46. The van der Waals surface area contributed by atoms with E-state index in [2.05, 4.69) is 5.32 Å². The number of methoxy groups -OCH3 is 1. The lowest BCUT2D eigenvalue weighted by atomic mass is 10.1. The summed E-state index contributed by atoms with van der Waals surface area (Å²) in [5, 5.41) is 12.3. The SMILES string of the molecule is COc1cc(Cl)cc(CNC(C)C(=O)O)c1OC(C)C. The lowest BCUT2D eigenvalue weighted by Gasteiger charge is -2.19. The molecule has 0 saturated heterocycles. The molecule has 112 valence electrons. The number of nitrogens with one attached hydrogen (secondary N) is 1. The largest absolute Gasteiger partial charge is 0.493 e. The molecule has 1 atom stereocenters. The third kappa shape index (κ3) is 4.58. The fraction of sp³-hybridized carbons (Fsp3) is 0.500. The zero-order chi connectivity index (χ0) is 15.3. The summed E-state index contributed by atoms with van der Waals surface area (Å²) in [6.07, 6.45) is -0.0271. The summed E-state index contributed by atoms with van der Waals surface area (Å²) in [6, 6.07) is 2.75. The monoisotopic (exact) mass is 301 g/mol. The van der Waals surface area contributed by atoms with Crippen molar-refractivity contribution in [1.82, 2.24) is 5.32 Å². The lowest BCUT2D eigenvalue weighted by Crippen LogP contribution is -2.33. The number of carboxylic acid groups (broad SMARTS) is 1. The Kier molecular flexibility index (Phi) is 6.10. The number of aliphatic carboxylic acids is 1. The molecule has 20 heavy (non-hydrogen) atoms. The number of ether oxygens (including phenoxy) is 2. The van der Waals surface area contributed by atoms with Gasteiger partial charge in [-0.25, -0.2) is 0 Å². The maximum Gasteiger partial charge on any atom is 0.320 e. The van der Waals surface area contributed by atoms with E-state index < -0.39 is 12.0 Å². The van der Waals surface area contributed by atoms with Crippen LogP contribution in [-0.4, -0.2) is 30.3 Å². The molecule has 0 spiro atoms. The van der Waals surface area contributed by atoms with Gasteiger partial charge in [-0.15, -0.1) is 0 Å². The number of hydrogen-bond donors (Lipinski definition) is 2. The van der Waals surface area contributed by atoms with Crippen molar-refractivity contribution in [3.8, 4) is 11.5 Å². The van der Waals surface area contributed by atoms with E-state index in [0.717, 1.165) is 5.56 Å². The lowest BCUT2D eigenvalue weighted by molar-refractivity contribution is -0.139. The van der Waals surface area contributed by atoms with E-state index in [0.29, 0.717) is 23.1 Å². The van der Waals surface area contributed by atoms with E-state index >= 15 is 0 Å². The van der Waals surface area contributed by atoms with E-state index in [9.17, 15) is 4.79 Å². The van der Waals surface area contributed by atoms with Crippen molar-refractivity contribution in [2.75, 3.05) is 7.11 Å².